The van der Waals surface area contributed by atoms with Gasteiger partial charge in [-0.1, -0.05) is 0 Å². The van der Waals surface area contributed by atoms with Gasteiger partial charge in [-0.15, -0.1) is 0 Å². The molecule has 0 radical (unpaired) electrons. The maximum absolute atomic E-state index is 12.6. The lowest BCUT2D eigenvalue weighted by Crippen LogP contribution is -2.40. The number of aromatic nitrogens is 2. The fourth-order valence-electron chi connectivity index (χ4n) is 3.14. The van der Waals surface area contributed by atoms with Gasteiger partial charge in [0.15, 0.2) is 0 Å². The van der Waals surface area contributed by atoms with Crippen LogP contribution in [0.1, 0.15) is 29.8 Å². The largest absolute Gasteiger partial charge is 0.372 e. The van der Waals surface area contributed by atoms with E-state index in [1.54, 1.807) is 19.4 Å². The van der Waals surface area contributed by atoms with Crippen molar-refractivity contribution in [3.63, 3.8) is 0 Å². The highest BCUT2D eigenvalue weighted by Crippen LogP contribution is 2.22. The Morgan fingerprint density at radius 2 is 2.15 bits per heavy atom. The fraction of sp³-hybridized carbons (Fsp3) is 0.643. The van der Waals surface area contributed by atoms with Crippen LogP contribution in [-0.4, -0.2) is 64.9 Å². The van der Waals surface area contributed by atoms with Crippen LogP contribution in [0, 0.1) is 0 Å². The summed E-state index contributed by atoms with van der Waals surface area (Å²) in [7, 11) is 1.78. The number of rotatable bonds is 2. The van der Waals surface area contributed by atoms with Gasteiger partial charge in [-0.25, -0.2) is 4.98 Å². The van der Waals surface area contributed by atoms with Gasteiger partial charge >= 0.3 is 0 Å². The van der Waals surface area contributed by atoms with Crippen LogP contribution < -0.4 is 5.32 Å². The van der Waals surface area contributed by atoms with E-state index in [-0.39, 0.29) is 5.91 Å². The van der Waals surface area contributed by atoms with E-state index in [2.05, 4.69) is 20.2 Å². The molecule has 1 amide bonds. The second-order valence-electron chi connectivity index (χ2n) is 5.48. The average molecular weight is 275 g/mol. The monoisotopic (exact) mass is 275 g/mol. The number of amides is 1. The first-order valence-electron chi connectivity index (χ1n) is 7.31. The normalized spacial score (nSPS) is 23.2. The van der Waals surface area contributed by atoms with Gasteiger partial charge in [0.1, 0.15) is 11.5 Å². The van der Waals surface area contributed by atoms with Crippen molar-refractivity contribution in [1.82, 2.24) is 19.8 Å². The minimum Gasteiger partial charge on any atom is -0.372 e. The van der Waals surface area contributed by atoms with Crippen molar-refractivity contribution in [2.45, 2.75) is 25.3 Å². The molecular formula is C14H21N5O. The summed E-state index contributed by atoms with van der Waals surface area (Å²) in [5.41, 5.74) is 0.434. The van der Waals surface area contributed by atoms with Crippen molar-refractivity contribution in [2.24, 2.45) is 0 Å². The molecule has 0 saturated carbocycles. The highest BCUT2D eigenvalue weighted by Gasteiger charge is 2.31. The molecule has 2 saturated heterocycles. The number of hydrogen-bond acceptors (Lipinski definition) is 5. The van der Waals surface area contributed by atoms with E-state index in [1.165, 1.54) is 19.4 Å². The third-order valence-electron chi connectivity index (χ3n) is 4.20. The van der Waals surface area contributed by atoms with Crippen LogP contribution in [0.5, 0.6) is 0 Å². The second kappa shape index (κ2) is 5.75. The number of nitrogens with one attached hydrogen (secondary N) is 1. The topological polar surface area (TPSA) is 61.4 Å². The molecule has 6 nitrogen and oxygen atoms in total. The van der Waals surface area contributed by atoms with E-state index in [0.717, 1.165) is 26.1 Å². The van der Waals surface area contributed by atoms with E-state index in [0.29, 0.717) is 17.6 Å². The van der Waals surface area contributed by atoms with E-state index >= 15 is 0 Å². The highest BCUT2D eigenvalue weighted by atomic mass is 16.2. The Balaban J connectivity index is 1.75. The van der Waals surface area contributed by atoms with Crippen LogP contribution in [0.4, 0.5) is 5.82 Å². The molecule has 108 valence electrons. The summed E-state index contributed by atoms with van der Waals surface area (Å²) in [4.78, 5) is 25.4. The number of anilines is 1. The van der Waals surface area contributed by atoms with Crippen molar-refractivity contribution >= 4 is 11.7 Å². The lowest BCUT2D eigenvalue weighted by atomic mass is 10.2. The smallest absolute Gasteiger partial charge is 0.274 e. The zero-order valence-electron chi connectivity index (χ0n) is 11.9. The van der Waals surface area contributed by atoms with Crippen LogP contribution in [0.2, 0.25) is 0 Å². The zero-order chi connectivity index (χ0) is 13.9. The molecule has 1 N–H and O–H groups in total. The van der Waals surface area contributed by atoms with Gasteiger partial charge in [0, 0.05) is 32.7 Å². The number of carbonyl (C=O) groups is 1. The maximum atomic E-state index is 12.6. The van der Waals surface area contributed by atoms with Gasteiger partial charge in [-0.05, 0) is 25.8 Å². The Bertz CT molecular complexity index is 492. The van der Waals surface area contributed by atoms with E-state index in [9.17, 15) is 4.79 Å². The Labute approximate surface area is 119 Å². The summed E-state index contributed by atoms with van der Waals surface area (Å²) >= 11 is 0. The van der Waals surface area contributed by atoms with Gasteiger partial charge in [0.25, 0.3) is 5.91 Å². The molecule has 1 unspecified atom stereocenters. The SMILES string of the molecule is CNc1cncc(C(=O)N2CCCN3CCCC3C2)n1. The van der Waals surface area contributed by atoms with Crippen LogP contribution in [0.15, 0.2) is 12.4 Å². The molecule has 2 aliphatic rings. The molecule has 6 heteroatoms. The van der Waals surface area contributed by atoms with Crippen LogP contribution in [0.3, 0.4) is 0 Å². The van der Waals surface area contributed by atoms with Crippen molar-refractivity contribution < 1.29 is 4.79 Å². The van der Waals surface area contributed by atoms with Crippen LogP contribution in [0.25, 0.3) is 0 Å². The number of hydrogen-bond donors (Lipinski definition) is 1. The third kappa shape index (κ3) is 2.60. The summed E-state index contributed by atoms with van der Waals surface area (Å²) in [6.45, 7) is 3.93. The Morgan fingerprint density at radius 3 is 3.00 bits per heavy atom. The van der Waals surface area contributed by atoms with Crippen molar-refractivity contribution in [3.8, 4) is 0 Å². The first kappa shape index (κ1) is 13.3. The number of nitrogens with zero attached hydrogens (tertiary/aromatic N) is 4. The molecule has 3 heterocycles. The Hall–Kier alpha value is -1.69. The minimum atomic E-state index is 0.00310. The second-order valence-corrected chi connectivity index (χ2v) is 5.48. The van der Waals surface area contributed by atoms with E-state index in [1.807, 2.05) is 4.90 Å². The van der Waals surface area contributed by atoms with Crippen molar-refractivity contribution in [2.75, 3.05) is 38.5 Å². The van der Waals surface area contributed by atoms with Crippen LogP contribution >= 0.6 is 0 Å². The number of fused-ring (bicyclic) bond motifs is 1. The molecular weight excluding hydrogens is 254 g/mol. The third-order valence-corrected chi connectivity index (χ3v) is 4.20. The molecule has 0 spiro atoms. The fourth-order valence-corrected chi connectivity index (χ4v) is 3.14. The minimum absolute atomic E-state index is 0.00310. The van der Waals surface area contributed by atoms with E-state index < -0.39 is 0 Å². The highest BCUT2D eigenvalue weighted by molar-refractivity contribution is 5.92. The van der Waals surface area contributed by atoms with Crippen molar-refractivity contribution in [1.29, 1.82) is 0 Å². The van der Waals surface area contributed by atoms with Crippen molar-refractivity contribution in [3.05, 3.63) is 18.1 Å². The number of carbonyl (C=O) groups excluding carboxylic acids is 1. The summed E-state index contributed by atoms with van der Waals surface area (Å²) in [6.07, 6.45) is 6.67. The summed E-state index contributed by atoms with van der Waals surface area (Å²) < 4.78 is 0. The molecule has 0 aliphatic carbocycles. The van der Waals surface area contributed by atoms with Gasteiger partial charge < -0.3 is 10.2 Å². The Morgan fingerprint density at radius 1 is 1.30 bits per heavy atom. The quantitative estimate of drug-likeness (QED) is 0.866. The predicted octanol–water partition coefficient (Wildman–Crippen LogP) is 0.829. The molecule has 0 aromatic carbocycles. The van der Waals surface area contributed by atoms with Crippen LogP contribution in [-0.2, 0) is 0 Å². The Kier molecular flexibility index (Phi) is 3.82. The molecule has 1 aromatic rings. The molecule has 2 fully saturated rings. The summed E-state index contributed by atoms with van der Waals surface area (Å²) in [5.74, 6) is 0.636. The molecule has 20 heavy (non-hydrogen) atoms. The maximum Gasteiger partial charge on any atom is 0.274 e. The first-order chi connectivity index (χ1) is 9.78. The van der Waals surface area contributed by atoms with Gasteiger partial charge in [-0.2, -0.15) is 0 Å². The summed E-state index contributed by atoms with van der Waals surface area (Å²) in [6, 6.07) is 0.530. The van der Waals surface area contributed by atoms with Gasteiger partial charge in [0.2, 0.25) is 0 Å². The molecule has 2 aliphatic heterocycles. The first-order valence-corrected chi connectivity index (χ1v) is 7.31. The molecule has 3 rings (SSSR count). The zero-order valence-corrected chi connectivity index (χ0v) is 11.9. The lowest BCUT2D eigenvalue weighted by molar-refractivity contribution is 0.0737. The molecule has 1 aromatic heterocycles. The average Bonchev–Trinajstić information content (AvgIpc) is 2.83. The van der Waals surface area contributed by atoms with Gasteiger partial charge in [-0.3, -0.25) is 14.7 Å². The standard InChI is InChI=1S/C14H21N5O/c1-15-13-9-16-8-12(17-13)14(20)19-7-3-6-18-5-2-4-11(18)10-19/h8-9,11H,2-7,10H2,1H3,(H,15,17). The molecule has 1 atom stereocenters. The van der Waals surface area contributed by atoms with E-state index in [4.69, 9.17) is 0 Å². The molecule has 0 bridgehead atoms. The van der Waals surface area contributed by atoms with Gasteiger partial charge in [0.05, 0.1) is 12.4 Å². The summed E-state index contributed by atoms with van der Waals surface area (Å²) in [5, 5.41) is 2.92. The predicted molar refractivity (Wildman–Crippen MR) is 76.7 cm³/mol. The lowest BCUT2D eigenvalue weighted by Gasteiger charge is -2.25.